The van der Waals surface area contributed by atoms with Gasteiger partial charge in [0.2, 0.25) is 5.89 Å². The fourth-order valence-electron chi connectivity index (χ4n) is 4.59. The molecule has 7 heteroatoms. The third kappa shape index (κ3) is 3.74. The van der Waals surface area contributed by atoms with E-state index >= 15 is 0 Å². The maximum absolute atomic E-state index is 6.17. The van der Waals surface area contributed by atoms with Crippen LogP contribution in [-0.4, -0.2) is 34.2 Å². The second-order valence-corrected chi connectivity index (χ2v) is 8.46. The van der Waals surface area contributed by atoms with Crippen LogP contribution in [0.5, 0.6) is 0 Å². The van der Waals surface area contributed by atoms with Crippen LogP contribution in [0.25, 0.3) is 0 Å². The van der Waals surface area contributed by atoms with Crippen molar-refractivity contribution in [2.45, 2.75) is 57.1 Å². The summed E-state index contributed by atoms with van der Waals surface area (Å²) in [5.74, 6) is 2.00. The molecule has 164 valence electrons. The summed E-state index contributed by atoms with van der Waals surface area (Å²) in [5, 5.41) is 4.36. The maximum atomic E-state index is 6.17. The highest BCUT2D eigenvalue weighted by Gasteiger charge is 2.44. The molecule has 2 atom stereocenters. The topological polar surface area (TPSA) is 76.1 Å². The third-order valence-corrected chi connectivity index (χ3v) is 6.54. The fourth-order valence-corrected chi connectivity index (χ4v) is 4.59. The van der Waals surface area contributed by atoms with E-state index in [4.69, 9.17) is 14.2 Å². The molecule has 0 bridgehead atoms. The Hall–Kier alpha value is -3.28. The largest absolute Gasteiger partial charge is 0.372 e. The van der Waals surface area contributed by atoms with Gasteiger partial charge >= 0.3 is 0 Å². The van der Waals surface area contributed by atoms with E-state index in [1.165, 1.54) is 5.56 Å². The molecule has 0 saturated carbocycles. The normalized spacial score (nSPS) is 25.1. The van der Waals surface area contributed by atoms with Gasteiger partial charge in [-0.2, -0.15) is 4.98 Å². The van der Waals surface area contributed by atoms with Gasteiger partial charge in [-0.05, 0) is 37.7 Å². The van der Waals surface area contributed by atoms with Gasteiger partial charge in [-0.25, -0.2) is 9.98 Å². The molecule has 0 N–H and O–H groups in total. The molecule has 3 aliphatic heterocycles. The van der Waals surface area contributed by atoms with Crippen molar-refractivity contribution in [1.82, 2.24) is 15.0 Å². The van der Waals surface area contributed by atoms with Gasteiger partial charge in [0.25, 0.3) is 0 Å². The Labute approximate surface area is 187 Å². The zero-order valence-corrected chi connectivity index (χ0v) is 18.3. The summed E-state index contributed by atoms with van der Waals surface area (Å²) in [6.07, 6.45) is 8.32. The fraction of sp³-hybridized carbons (Fsp3) is 0.400. The molecule has 1 fully saturated rings. The smallest absolute Gasteiger partial charge is 0.246 e. The summed E-state index contributed by atoms with van der Waals surface area (Å²) in [7, 11) is 0. The van der Waals surface area contributed by atoms with E-state index in [1.54, 1.807) is 6.34 Å². The molecule has 0 amide bonds. The lowest BCUT2D eigenvalue weighted by Gasteiger charge is -2.25. The van der Waals surface area contributed by atoms with Crippen LogP contribution in [-0.2, 0) is 16.7 Å². The molecule has 1 saturated heterocycles. The molecule has 32 heavy (non-hydrogen) atoms. The lowest BCUT2D eigenvalue weighted by Crippen LogP contribution is -2.28. The molecular formula is C25H27N5O2. The van der Waals surface area contributed by atoms with E-state index < -0.39 is 0 Å². The number of hydrogen-bond donors (Lipinski definition) is 0. The van der Waals surface area contributed by atoms with Gasteiger partial charge in [-0.3, -0.25) is 0 Å². The predicted molar refractivity (Wildman–Crippen MR) is 122 cm³/mol. The van der Waals surface area contributed by atoms with Crippen LogP contribution < -0.4 is 0 Å². The Bertz CT molecular complexity index is 1130. The summed E-state index contributed by atoms with van der Waals surface area (Å²) < 4.78 is 11.8. The number of rotatable bonds is 5. The quantitative estimate of drug-likeness (QED) is 0.635. The van der Waals surface area contributed by atoms with E-state index in [1.807, 2.05) is 29.3 Å². The van der Waals surface area contributed by atoms with Crippen LogP contribution in [0.4, 0.5) is 0 Å². The van der Waals surface area contributed by atoms with E-state index in [9.17, 15) is 0 Å². The first kappa shape index (κ1) is 20.6. The monoisotopic (exact) mass is 429 g/mol. The lowest BCUT2D eigenvalue weighted by atomic mass is 9.81. The van der Waals surface area contributed by atoms with Crippen LogP contribution in [0.15, 0.2) is 74.2 Å². The van der Waals surface area contributed by atoms with Crippen LogP contribution >= 0.6 is 0 Å². The molecule has 2 aromatic rings. The SMILES string of the molecule is C=C=C1C2=C(N=CCCC2)N=CN1Cc1nc([C@]2(CC)CO[C@@H](c3ccccc3)C2)no1. The van der Waals surface area contributed by atoms with E-state index in [0.29, 0.717) is 24.9 Å². The second kappa shape index (κ2) is 8.69. The minimum atomic E-state index is -0.249. The van der Waals surface area contributed by atoms with Crippen molar-refractivity contribution in [2.75, 3.05) is 6.61 Å². The molecule has 7 nitrogen and oxygen atoms in total. The zero-order valence-electron chi connectivity index (χ0n) is 18.3. The van der Waals surface area contributed by atoms with E-state index in [-0.39, 0.29) is 11.5 Å². The van der Waals surface area contributed by atoms with Crippen molar-refractivity contribution >= 4 is 12.6 Å². The Balaban J connectivity index is 1.34. The number of hydrogen-bond acceptors (Lipinski definition) is 7. The minimum absolute atomic E-state index is 0.0452. The highest BCUT2D eigenvalue weighted by atomic mass is 16.5. The van der Waals surface area contributed by atoms with E-state index in [0.717, 1.165) is 49.2 Å². The summed E-state index contributed by atoms with van der Waals surface area (Å²) in [5.41, 5.74) is 5.95. The number of benzene rings is 1. The Morgan fingerprint density at radius 3 is 2.94 bits per heavy atom. The average molecular weight is 430 g/mol. The van der Waals surface area contributed by atoms with Crippen molar-refractivity contribution in [3.8, 4) is 0 Å². The third-order valence-electron chi connectivity index (χ3n) is 6.54. The second-order valence-electron chi connectivity index (χ2n) is 8.46. The molecule has 1 aromatic heterocycles. The molecule has 1 aromatic carbocycles. The minimum Gasteiger partial charge on any atom is -0.372 e. The molecule has 3 aliphatic rings. The molecule has 0 aliphatic carbocycles. The van der Waals surface area contributed by atoms with Gasteiger partial charge in [-0.15, -0.1) is 5.73 Å². The van der Waals surface area contributed by atoms with Crippen LogP contribution in [0.3, 0.4) is 0 Å². The number of nitrogens with zero attached hydrogens (tertiary/aromatic N) is 5. The first-order chi connectivity index (χ1) is 15.7. The standard InChI is InChI=1S/C25H27N5O2/c1-3-20-19-12-8-9-13-26-23(19)27-17-30(20)15-22-28-24(29-32-22)25(4-2)14-21(31-16-25)18-10-6-5-7-11-18/h5-7,10-11,13,17,21H,1,4,8-9,12,14-16H2,2H3/t21-,25+/m1/s1. The van der Waals surface area contributed by atoms with E-state index in [2.05, 4.69) is 46.5 Å². The van der Waals surface area contributed by atoms with Gasteiger partial charge in [0.15, 0.2) is 11.6 Å². The van der Waals surface area contributed by atoms with Crippen molar-refractivity contribution in [3.63, 3.8) is 0 Å². The zero-order chi connectivity index (χ0) is 22.0. The Kier molecular flexibility index (Phi) is 5.60. The number of ether oxygens (including phenoxy) is 1. The molecule has 0 spiro atoms. The first-order valence-corrected chi connectivity index (χ1v) is 11.2. The van der Waals surface area contributed by atoms with Crippen molar-refractivity contribution in [2.24, 2.45) is 9.98 Å². The maximum Gasteiger partial charge on any atom is 0.246 e. The van der Waals surface area contributed by atoms with Crippen molar-refractivity contribution < 1.29 is 9.26 Å². The van der Waals surface area contributed by atoms with Crippen molar-refractivity contribution in [3.05, 3.63) is 77.0 Å². The van der Waals surface area contributed by atoms with Gasteiger partial charge in [0, 0.05) is 11.8 Å². The van der Waals surface area contributed by atoms with Crippen LogP contribution in [0.2, 0.25) is 0 Å². The Morgan fingerprint density at radius 2 is 2.12 bits per heavy atom. The van der Waals surface area contributed by atoms with Gasteiger partial charge in [0.05, 0.1) is 30.2 Å². The average Bonchev–Trinajstić information content (AvgIpc) is 3.42. The molecule has 5 rings (SSSR count). The van der Waals surface area contributed by atoms with Gasteiger partial charge in [-0.1, -0.05) is 49.0 Å². The number of aromatic nitrogens is 2. The summed E-state index contributed by atoms with van der Waals surface area (Å²) >= 11 is 0. The highest BCUT2D eigenvalue weighted by molar-refractivity contribution is 5.68. The van der Waals surface area contributed by atoms with Crippen LogP contribution in [0, 0.1) is 0 Å². The predicted octanol–water partition coefficient (Wildman–Crippen LogP) is 4.86. The number of allylic oxidation sites excluding steroid dienone is 1. The lowest BCUT2D eigenvalue weighted by molar-refractivity contribution is 0.103. The van der Waals surface area contributed by atoms with Crippen molar-refractivity contribution in [1.29, 1.82) is 0 Å². The summed E-state index contributed by atoms with van der Waals surface area (Å²) in [6.45, 7) is 7.05. The molecule has 0 unspecified atom stereocenters. The van der Waals surface area contributed by atoms with Crippen LogP contribution in [0.1, 0.15) is 62.4 Å². The molecule has 4 heterocycles. The van der Waals surface area contributed by atoms with Gasteiger partial charge in [0.1, 0.15) is 6.54 Å². The summed E-state index contributed by atoms with van der Waals surface area (Å²) in [6, 6.07) is 10.3. The number of aliphatic imine (C=N–C) groups is 2. The molecular weight excluding hydrogens is 402 g/mol. The first-order valence-electron chi connectivity index (χ1n) is 11.2. The molecule has 0 radical (unpaired) electrons. The van der Waals surface area contributed by atoms with Gasteiger partial charge < -0.3 is 14.2 Å². The summed E-state index contributed by atoms with van der Waals surface area (Å²) in [4.78, 5) is 15.7. The highest BCUT2D eigenvalue weighted by Crippen LogP contribution is 2.44. The Morgan fingerprint density at radius 1 is 1.25 bits per heavy atom.